The van der Waals surface area contributed by atoms with E-state index in [4.69, 9.17) is 0 Å². The van der Waals surface area contributed by atoms with Gasteiger partial charge >= 0.3 is 0 Å². The van der Waals surface area contributed by atoms with Gasteiger partial charge in [0.05, 0.1) is 12.0 Å². The van der Waals surface area contributed by atoms with Crippen LogP contribution in [-0.4, -0.2) is 33.9 Å². The van der Waals surface area contributed by atoms with E-state index < -0.39 is 0 Å². The lowest BCUT2D eigenvalue weighted by Crippen LogP contribution is -2.27. The molecule has 0 bridgehead atoms. The molecule has 0 spiro atoms. The van der Waals surface area contributed by atoms with Gasteiger partial charge in [0, 0.05) is 24.7 Å². The first-order chi connectivity index (χ1) is 9.88. The molecule has 20 heavy (non-hydrogen) atoms. The first kappa shape index (κ1) is 12.9. The maximum absolute atomic E-state index is 11.2. The van der Waals surface area contributed by atoms with Crippen molar-refractivity contribution in [2.24, 2.45) is 0 Å². The lowest BCUT2D eigenvalue weighted by molar-refractivity contribution is -0.118. The number of hydrogen-bond donors (Lipinski definition) is 1. The van der Waals surface area contributed by atoms with Crippen LogP contribution in [0.5, 0.6) is 0 Å². The van der Waals surface area contributed by atoms with Crippen LogP contribution in [0, 0.1) is 0 Å². The molecule has 1 aromatic heterocycles. The van der Waals surface area contributed by atoms with Gasteiger partial charge in [0.1, 0.15) is 0 Å². The van der Waals surface area contributed by atoms with E-state index in [0.29, 0.717) is 12.0 Å². The Hall–Kier alpha value is -2.10. The predicted molar refractivity (Wildman–Crippen MR) is 77.3 cm³/mol. The molecule has 2 aromatic rings. The number of aromatic nitrogens is 2. The van der Waals surface area contributed by atoms with Crippen molar-refractivity contribution in [3.05, 3.63) is 54.1 Å². The van der Waals surface area contributed by atoms with Crippen LogP contribution in [0.4, 0.5) is 0 Å². The molecule has 1 amide bonds. The Morgan fingerprint density at radius 1 is 1.35 bits per heavy atom. The van der Waals surface area contributed by atoms with Crippen molar-refractivity contribution in [3.8, 4) is 0 Å². The lowest BCUT2D eigenvalue weighted by atomic mass is 10.1. The molecular weight excluding hydrogens is 250 g/mol. The smallest absolute Gasteiger partial charge is 0.209 e. The molecule has 104 valence electrons. The molecule has 1 fully saturated rings. The number of imidazole rings is 1. The number of H-pyrrole nitrogens is 1. The fourth-order valence-electron chi connectivity index (χ4n) is 2.75. The third-order valence-corrected chi connectivity index (χ3v) is 3.94. The Bertz CT molecular complexity index is 538. The molecular formula is C16H19N3O. The third kappa shape index (κ3) is 2.90. The summed E-state index contributed by atoms with van der Waals surface area (Å²) in [7, 11) is 0. The quantitative estimate of drug-likeness (QED) is 0.784. The van der Waals surface area contributed by atoms with Gasteiger partial charge in [-0.3, -0.25) is 4.79 Å². The molecule has 0 radical (unpaired) electrons. The number of benzene rings is 1. The fourth-order valence-corrected chi connectivity index (χ4v) is 2.75. The molecule has 1 saturated carbocycles. The standard InChI is InChI=1S/C16H19N3O/c20-12-19(8-4-7-13-5-2-1-3-6-13)16-9-14(16)15-10-17-11-18-15/h1-3,5-6,10-12,14,16H,4,7-9H2,(H,17,18)/t14-,16+/m0/s1. The van der Waals surface area contributed by atoms with Crippen LogP contribution in [0.2, 0.25) is 0 Å². The number of amides is 1. The second kappa shape index (κ2) is 5.90. The normalized spacial score (nSPS) is 20.6. The highest BCUT2D eigenvalue weighted by atomic mass is 16.1. The summed E-state index contributed by atoms with van der Waals surface area (Å²) in [4.78, 5) is 20.4. The highest BCUT2D eigenvalue weighted by Crippen LogP contribution is 2.43. The number of nitrogens with one attached hydrogen (secondary N) is 1. The van der Waals surface area contributed by atoms with Crippen molar-refractivity contribution in [2.45, 2.75) is 31.2 Å². The average molecular weight is 269 g/mol. The van der Waals surface area contributed by atoms with Crippen LogP contribution in [0.1, 0.15) is 30.0 Å². The highest BCUT2D eigenvalue weighted by molar-refractivity contribution is 5.49. The van der Waals surface area contributed by atoms with Gasteiger partial charge in [-0.05, 0) is 24.8 Å². The summed E-state index contributed by atoms with van der Waals surface area (Å²) in [5, 5.41) is 0. The number of nitrogens with zero attached hydrogens (tertiary/aromatic N) is 2. The van der Waals surface area contributed by atoms with Gasteiger partial charge < -0.3 is 9.88 Å². The fraction of sp³-hybridized carbons (Fsp3) is 0.375. The molecule has 4 heteroatoms. The van der Waals surface area contributed by atoms with Crippen LogP contribution < -0.4 is 0 Å². The number of hydrogen-bond acceptors (Lipinski definition) is 2. The second-order valence-electron chi connectivity index (χ2n) is 5.34. The minimum absolute atomic E-state index is 0.339. The van der Waals surface area contributed by atoms with E-state index in [1.807, 2.05) is 17.2 Å². The van der Waals surface area contributed by atoms with E-state index in [2.05, 4.69) is 34.2 Å². The molecule has 4 nitrogen and oxygen atoms in total. The van der Waals surface area contributed by atoms with Crippen molar-refractivity contribution in [1.82, 2.24) is 14.9 Å². The highest BCUT2D eigenvalue weighted by Gasteiger charge is 2.43. The zero-order valence-corrected chi connectivity index (χ0v) is 11.4. The first-order valence-electron chi connectivity index (χ1n) is 7.12. The van der Waals surface area contributed by atoms with Gasteiger partial charge in [-0.2, -0.15) is 0 Å². The van der Waals surface area contributed by atoms with Crippen LogP contribution in [0.25, 0.3) is 0 Å². The number of carbonyl (C=O) groups is 1. The molecule has 0 aliphatic heterocycles. The summed E-state index contributed by atoms with van der Waals surface area (Å²) >= 11 is 0. The summed E-state index contributed by atoms with van der Waals surface area (Å²) in [6, 6.07) is 10.7. The van der Waals surface area contributed by atoms with Crippen LogP contribution >= 0.6 is 0 Å². The zero-order valence-electron chi connectivity index (χ0n) is 11.4. The SMILES string of the molecule is O=CN(CCCc1ccccc1)[C@@H]1C[C@H]1c1c[nH]cn1. The molecule has 1 N–H and O–H groups in total. The second-order valence-corrected chi connectivity index (χ2v) is 5.34. The topological polar surface area (TPSA) is 49.0 Å². The van der Waals surface area contributed by atoms with E-state index in [1.165, 1.54) is 5.56 Å². The van der Waals surface area contributed by atoms with Crippen LogP contribution in [0.15, 0.2) is 42.9 Å². The molecule has 0 unspecified atom stereocenters. The average Bonchev–Trinajstić information content (AvgIpc) is 3.09. The summed E-state index contributed by atoms with van der Waals surface area (Å²) in [5.41, 5.74) is 2.41. The first-order valence-corrected chi connectivity index (χ1v) is 7.12. The van der Waals surface area contributed by atoms with E-state index >= 15 is 0 Å². The van der Waals surface area contributed by atoms with Crippen LogP contribution in [-0.2, 0) is 11.2 Å². The number of aryl methyl sites for hydroxylation is 1. The van der Waals surface area contributed by atoms with Gasteiger partial charge in [0.15, 0.2) is 0 Å². The summed E-state index contributed by atoms with van der Waals surface area (Å²) in [5.74, 6) is 0.420. The molecule has 1 aliphatic carbocycles. The summed E-state index contributed by atoms with van der Waals surface area (Å²) < 4.78 is 0. The van der Waals surface area contributed by atoms with Gasteiger partial charge in [-0.25, -0.2) is 4.98 Å². The summed E-state index contributed by atoms with van der Waals surface area (Å²) in [6.45, 7) is 0.823. The minimum Gasteiger partial charge on any atom is -0.351 e. The van der Waals surface area contributed by atoms with E-state index in [1.54, 1.807) is 6.33 Å². The maximum Gasteiger partial charge on any atom is 0.209 e. The Morgan fingerprint density at radius 3 is 2.90 bits per heavy atom. The molecule has 1 aromatic carbocycles. The monoisotopic (exact) mass is 269 g/mol. The predicted octanol–water partition coefficient (Wildman–Crippen LogP) is 2.36. The Morgan fingerprint density at radius 2 is 2.20 bits per heavy atom. The Kier molecular flexibility index (Phi) is 3.81. The summed E-state index contributed by atoms with van der Waals surface area (Å²) in [6.07, 6.45) is 7.68. The molecule has 0 saturated heterocycles. The van der Waals surface area contributed by atoms with Crippen LogP contribution in [0.3, 0.4) is 0 Å². The van der Waals surface area contributed by atoms with Gasteiger partial charge in [-0.15, -0.1) is 0 Å². The van der Waals surface area contributed by atoms with Crippen molar-refractivity contribution >= 4 is 6.41 Å². The van der Waals surface area contributed by atoms with Crippen molar-refractivity contribution < 1.29 is 4.79 Å². The van der Waals surface area contributed by atoms with Crippen molar-refractivity contribution in [2.75, 3.05) is 6.54 Å². The van der Waals surface area contributed by atoms with Crippen molar-refractivity contribution in [3.63, 3.8) is 0 Å². The molecule has 1 aliphatic rings. The number of aromatic amines is 1. The minimum atomic E-state index is 0.339. The van der Waals surface area contributed by atoms with E-state index in [-0.39, 0.29) is 0 Å². The lowest BCUT2D eigenvalue weighted by Gasteiger charge is -2.17. The maximum atomic E-state index is 11.2. The Labute approximate surface area is 118 Å². The molecule has 2 atom stereocenters. The molecule has 3 rings (SSSR count). The largest absolute Gasteiger partial charge is 0.351 e. The Balaban J connectivity index is 1.48. The van der Waals surface area contributed by atoms with E-state index in [9.17, 15) is 4.79 Å². The van der Waals surface area contributed by atoms with Gasteiger partial charge in [0.2, 0.25) is 6.41 Å². The van der Waals surface area contributed by atoms with Gasteiger partial charge in [-0.1, -0.05) is 30.3 Å². The van der Waals surface area contributed by atoms with Crippen molar-refractivity contribution in [1.29, 1.82) is 0 Å². The number of carbonyl (C=O) groups excluding carboxylic acids is 1. The van der Waals surface area contributed by atoms with E-state index in [0.717, 1.165) is 37.9 Å². The number of rotatable bonds is 7. The van der Waals surface area contributed by atoms with Gasteiger partial charge in [0.25, 0.3) is 0 Å². The third-order valence-electron chi connectivity index (χ3n) is 3.94. The molecule has 1 heterocycles. The zero-order chi connectivity index (χ0) is 13.8.